The summed E-state index contributed by atoms with van der Waals surface area (Å²) in [5.41, 5.74) is 0. The summed E-state index contributed by atoms with van der Waals surface area (Å²) >= 11 is 0. The molecular weight excluding hydrogens is 206 g/mol. The van der Waals surface area contributed by atoms with Crippen LogP contribution in [0.1, 0.15) is 20.3 Å². The van der Waals surface area contributed by atoms with Crippen LogP contribution in [0.4, 0.5) is 0 Å². The maximum Gasteiger partial charge on any atom is 0.321 e. The molecule has 1 unspecified atom stereocenters. The van der Waals surface area contributed by atoms with Gasteiger partial charge in [-0.15, -0.1) is 0 Å². The maximum atomic E-state index is 11.0. The summed E-state index contributed by atoms with van der Waals surface area (Å²) < 4.78 is 26.7. The molecule has 14 heavy (non-hydrogen) atoms. The van der Waals surface area contributed by atoms with E-state index in [0.717, 1.165) is 0 Å². The smallest absolute Gasteiger partial charge is 0.321 e. The van der Waals surface area contributed by atoms with E-state index in [2.05, 4.69) is 0 Å². The monoisotopic (exact) mass is 219 g/mol. The summed E-state index contributed by atoms with van der Waals surface area (Å²) in [6.07, 6.45) is 0.337. The van der Waals surface area contributed by atoms with Crippen LogP contribution < -0.4 is 0 Å². The van der Waals surface area contributed by atoms with Crippen LogP contribution >= 0.6 is 0 Å². The second-order valence-corrected chi connectivity index (χ2v) is 4.96. The Morgan fingerprint density at radius 3 is 2.57 bits per heavy atom. The molecule has 0 aromatic rings. The number of nitriles is 1. The third-order valence-electron chi connectivity index (χ3n) is 1.53. The number of ether oxygens (including phenoxy) is 1. The first-order valence-electron chi connectivity index (χ1n) is 4.18. The molecule has 0 aromatic carbocycles. The number of hydrogen-bond donors (Lipinski definition) is 0. The highest BCUT2D eigenvalue weighted by Gasteiger charge is 2.18. The van der Waals surface area contributed by atoms with E-state index in [4.69, 9.17) is 10.00 Å². The van der Waals surface area contributed by atoms with E-state index in [1.165, 1.54) is 6.07 Å². The van der Waals surface area contributed by atoms with E-state index >= 15 is 0 Å². The van der Waals surface area contributed by atoms with Gasteiger partial charge in [0, 0.05) is 0 Å². The Balaban J connectivity index is 4.15. The predicted molar refractivity (Wildman–Crippen MR) is 50.1 cm³/mol. The predicted octanol–water partition coefficient (Wildman–Crippen LogP) is 0.266. The SMILES string of the molecule is CCC(C)OC(=O)CS(=O)(=O)CC#N. The average molecular weight is 219 g/mol. The number of esters is 1. The summed E-state index contributed by atoms with van der Waals surface area (Å²) in [7, 11) is -3.62. The minimum Gasteiger partial charge on any atom is -0.462 e. The summed E-state index contributed by atoms with van der Waals surface area (Å²) in [5.74, 6) is -2.16. The van der Waals surface area contributed by atoms with Crippen molar-refractivity contribution in [1.29, 1.82) is 5.26 Å². The molecule has 0 heterocycles. The molecule has 0 spiro atoms. The van der Waals surface area contributed by atoms with Crippen molar-refractivity contribution >= 4 is 15.8 Å². The molecular formula is C8H13NO4S. The Morgan fingerprint density at radius 1 is 1.57 bits per heavy atom. The lowest BCUT2D eigenvalue weighted by Crippen LogP contribution is -2.23. The largest absolute Gasteiger partial charge is 0.462 e. The van der Waals surface area contributed by atoms with Crippen molar-refractivity contribution in [2.75, 3.05) is 11.5 Å². The van der Waals surface area contributed by atoms with E-state index in [9.17, 15) is 13.2 Å². The van der Waals surface area contributed by atoms with Crippen LogP contribution in [0, 0.1) is 11.3 Å². The first-order valence-corrected chi connectivity index (χ1v) is 6.00. The van der Waals surface area contributed by atoms with Gasteiger partial charge in [0.25, 0.3) is 0 Å². The standard InChI is InChI=1S/C8H13NO4S/c1-3-7(2)13-8(10)6-14(11,12)5-4-9/h7H,3,5-6H2,1-2H3. The van der Waals surface area contributed by atoms with Gasteiger partial charge in [-0.25, -0.2) is 8.42 Å². The van der Waals surface area contributed by atoms with E-state index in [-0.39, 0.29) is 6.10 Å². The Hall–Kier alpha value is -1.09. The Labute approximate surface area is 83.6 Å². The van der Waals surface area contributed by atoms with Crippen molar-refractivity contribution in [2.24, 2.45) is 0 Å². The van der Waals surface area contributed by atoms with Gasteiger partial charge >= 0.3 is 5.97 Å². The molecule has 0 aliphatic carbocycles. The van der Waals surface area contributed by atoms with E-state index in [0.29, 0.717) is 6.42 Å². The number of carbonyl (C=O) groups is 1. The molecule has 0 aliphatic rings. The molecule has 0 fully saturated rings. The second-order valence-electron chi connectivity index (χ2n) is 2.90. The van der Waals surface area contributed by atoms with Gasteiger partial charge in [-0.05, 0) is 13.3 Å². The summed E-state index contributed by atoms with van der Waals surface area (Å²) in [6.45, 7) is 3.50. The van der Waals surface area contributed by atoms with Gasteiger partial charge in [0.1, 0.15) is 11.5 Å². The topological polar surface area (TPSA) is 84.2 Å². The zero-order valence-electron chi connectivity index (χ0n) is 8.19. The fourth-order valence-corrected chi connectivity index (χ4v) is 1.40. The van der Waals surface area contributed by atoms with E-state index < -0.39 is 27.3 Å². The lowest BCUT2D eigenvalue weighted by atomic mass is 10.3. The minimum absolute atomic E-state index is 0.292. The van der Waals surface area contributed by atoms with Gasteiger partial charge in [-0.2, -0.15) is 5.26 Å². The first kappa shape index (κ1) is 12.9. The van der Waals surface area contributed by atoms with Crippen molar-refractivity contribution < 1.29 is 17.9 Å². The highest BCUT2D eigenvalue weighted by atomic mass is 32.2. The molecule has 0 amide bonds. The Bertz CT molecular complexity index is 328. The van der Waals surface area contributed by atoms with Gasteiger partial charge < -0.3 is 4.74 Å². The number of carbonyl (C=O) groups excluding carboxylic acids is 1. The van der Waals surface area contributed by atoms with Crippen LogP contribution in [-0.4, -0.2) is 32.0 Å². The Kier molecular flexibility index (Phi) is 5.16. The summed E-state index contributed by atoms with van der Waals surface area (Å²) in [6, 6.07) is 1.48. The number of rotatable bonds is 5. The molecule has 0 radical (unpaired) electrons. The van der Waals surface area contributed by atoms with Crippen molar-refractivity contribution in [1.82, 2.24) is 0 Å². The zero-order valence-corrected chi connectivity index (χ0v) is 9.00. The lowest BCUT2D eigenvalue weighted by molar-refractivity contribution is -0.145. The van der Waals surface area contributed by atoms with Crippen molar-refractivity contribution in [3.05, 3.63) is 0 Å². The molecule has 0 aromatic heterocycles. The van der Waals surface area contributed by atoms with E-state index in [1.54, 1.807) is 6.92 Å². The maximum absolute atomic E-state index is 11.0. The van der Waals surface area contributed by atoms with Crippen LogP contribution in [0.25, 0.3) is 0 Å². The molecule has 0 bridgehead atoms. The van der Waals surface area contributed by atoms with Gasteiger partial charge in [0.15, 0.2) is 9.84 Å². The quantitative estimate of drug-likeness (QED) is 0.619. The van der Waals surface area contributed by atoms with Gasteiger partial charge in [0.2, 0.25) is 0 Å². The lowest BCUT2D eigenvalue weighted by Gasteiger charge is -2.09. The molecule has 0 saturated carbocycles. The van der Waals surface area contributed by atoms with Crippen molar-refractivity contribution in [3.63, 3.8) is 0 Å². The van der Waals surface area contributed by atoms with Crippen LogP contribution in [0.5, 0.6) is 0 Å². The third kappa shape index (κ3) is 5.54. The summed E-state index contributed by atoms with van der Waals surface area (Å²) in [4.78, 5) is 11.0. The van der Waals surface area contributed by atoms with E-state index in [1.807, 2.05) is 6.92 Å². The van der Waals surface area contributed by atoms with Crippen molar-refractivity contribution in [2.45, 2.75) is 26.4 Å². The van der Waals surface area contributed by atoms with Crippen LogP contribution in [-0.2, 0) is 19.4 Å². The molecule has 5 nitrogen and oxygen atoms in total. The molecule has 0 N–H and O–H groups in total. The second kappa shape index (κ2) is 5.60. The molecule has 0 aliphatic heterocycles. The minimum atomic E-state index is -3.62. The number of hydrogen-bond acceptors (Lipinski definition) is 5. The van der Waals surface area contributed by atoms with Gasteiger partial charge in [0.05, 0.1) is 12.2 Å². The average Bonchev–Trinajstić information content (AvgIpc) is 2.02. The highest BCUT2D eigenvalue weighted by Crippen LogP contribution is 1.99. The molecule has 6 heteroatoms. The van der Waals surface area contributed by atoms with Gasteiger partial charge in [-0.3, -0.25) is 4.79 Å². The highest BCUT2D eigenvalue weighted by molar-refractivity contribution is 7.92. The molecule has 1 atom stereocenters. The number of nitrogens with zero attached hydrogens (tertiary/aromatic N) is 1. The van der Waals surface area contributed by atoms with Gasteiger partial charge in [-0.1, -0.05) is 6.92 Å². The molecule has 0 rings (SSSR count). The fourth-order valence-electron chi connectivity index (χ4n) is 0.671. The third-order valence-corrected chi connectivity index (χ3v) is 2.77. The zero-order chi connectivity index (χ0) is 11.2. The van der Waals surface area contributed by atoms with Crippen LogP contribution in [0.15, 0.2) is 0 Å². The molecule has 80 valence electrons. The van der Waals surface area contributed by atoms with Crippen LogP contribution in [0.2, 0.25) is 0 Å². The Morgan fingerprint density at radius 2 is 2.14 bits per heavy atom. The normalized spacial score (nSPS) is 12.9. The van der Waals surface area contributed by atoms with Crippen LogP contribution in [0.3, 0.4) is 0 Å². The first-order chi connectivity index (χ1) is 6.41. The summed E-state index contributed by atoms with van der Waals surface area (Å²) in [5, 5.41) is 8.16. The number of sulfone groups is 1. The van der Waals surface area contributed by atoms with Crippen molar-refractivity contribution in [3.8, 4) is 6.07 Å². The molecule has 0 saturated heterocycles. The fraction of sp³-hybridized carbons (Fsp3) is 0.750.